The molecular weight excluding hydrogens is 378 g/mol. The summed E-state index contributed by atoms with van der Waals surface area (Å²) in [6, 6.07) is 17.5. The zero-order valence-electron chi connectivity index (χ0n) is 14.6. The summed E-state index contributed by atoms with van der Waals surface area (Å²) in [7, 11) is 0. The molecule has 140 valence electrons. The van der Waals surface area contributed by atoms with Gasteiger partial charge in [-0.3, -0.25) is 14.9 Å². The third kappa shape index (κ3) is 3.91. The molecule has 0 saturated carbocycles. The Balaban J connectivity index is 1.36. The molecule has 7 nitrogen and oxygen atoms in total. The molecule has 1 amide bonds. The Kier molecular flexibility index (Phi) is 4.86. The normalized spacial score (nSPS) is 10.9. The van der Waals surface area contributed by atoms with Gasteiger partial charge in [0.15, 0.2) is 10.8 Å². The third-order valence-corrected chi connectivity index (χ3v) is 5.19. The van der Waals surface area contributed by atoms with Crippen LogP contribution >= 0.6 is 11.3 Å². The number of carbonyl (C=O) groups is 1. The van der Waals surface area contributed by atoms with Crippen LogP contribution in [0.15, 0.2) is 65.1 Å². The molecule has 0 saturated heterocycles. The summed E-state index contributed by atoms with van der Waals surface area (Å²) in [5.74, 6) is 1.11. The first kappa shape index (κ1) is 17.9. The van der Waals surface area contributed by atoms with Gasteiger partial charge in [0.25, 0.3) is 5.69 Å². The topological polar surface area (TPSA) is 98.3 Å². The molecule has 0 radical (unpaired) electrons. The lowest BCUT2D eigenvalue weighted by atomic mass is 10.1. The molecule has 4 rings (SSSR count). The van der Waals surface area contributed by atoms with Gasteiger partial charge in [0, 0.05) is 12.1 Å². The summed E-state index contributed by atoms with van der Waals surface area (Å²) < 4.78 is 6.89. The zero-order valence-corrected chi connectivity index (χ0v) is 15.4. The van der Waals surface area contributed by atoms with Crippen molar-refractivity contribution in [2.24, 2.45) is 0 Å². The second-order valence-electron chi connectivity index (χ2n) is 6.13. The van der Waals surface area contributed by atoms with Gasteiger partial charge in [-0.25, -0.2) is 4.98 Å². The van der Waals surface area contributed by atoms with Crippen LogP contribution in [0.4, 0.5) is 5.69 Å². The number of fused-ring (bicyclic) bond motifs is 1. The van der Waals surface area contributed by atoms with E-state index in [1.165, 1.54) is 12.1 Å². The number of benzene rings is 2. The maximum atomic E-state index is 12.1. The monoisotopic (exact) mass is 393 g/mol. The van der Waals surface area contributed by atoms with Gasteiger partial charge in [-0.05, 0) is 29.8 Å². The van der Waals surface area contributed by atoms with Crippen molar-refractivity contribution in [1.29, 1.82) is 0 Å². The fourth-order valence-corrected chi connectivity index (χ4v) is 3.66. The van der Waals surface area contributed by atoms with E-state index < -0.39 is 4.92 Å². The number of hydrogen-bond donors (Lipinski definition) is 1. The minimum atomic E-state index is -0.468. The highest BCUT2D eigenvalue weighted by atomic mass is 32.1. The molecular formula is C20H15N3O4S. The second-order valence-corrected chi connectivity index (χ2v) is 7.16. The van der Waals surface area contributed by atoms with Crippen LogP contribution in [0.3, 0.4) is 0 Å². The molecule has 2 aromatic heterocycles. The zero-order chi connectivity index (χ0) is 19.5. The fraction of sp³-hybridized carbons (Fsp3) is 0.100. The average Bonchev–Trinajstić information content (AvgIpc) is 3.33. The average molecular weight is 393 g/mol. The van der Waals surface area contributed by atoms with Crippen LogP contribution < -0.4 is 5.32 Å². The number of nitro groups is 1. The summed E-state index contributed by atoms with van der Waals surface area (Å²) in [4.78, 5) is 26.9. The molecule has 0 aliphatic heterocycles. The number of aromatic nitrogens is 1. The number of hydrogen-bond acceptors (Lipinski definition) is 6. The highest BCUT2D eigenvalue weighted by Crippen LogP contribution is 2.31. The van der Waals surface area contributed by atoms with Crippen LogP contribution in [-0.2, 0) is 17.8 Å². The van der Waals surface area contributed by atoms with Crippen LogP contribution in [-0.4, -0.2) is 15.8 Å². The fourth-order valence-electron chi connectivity index (χ4n) is 2.73. The number of amides is 1. The van der Waals surface area contributed by atoms with E-state index in [2.05, 4.69) is 10.3 Å². The maximum absolute atomic E-state index is 12.1. The first-order valence-electron chi connectivity index (χ1n) is 8.53. The number of carbonyl (C=O) groups excluding carboxylic acids is 1. The summed E-state index contributed by atoms with van der Waals surface area (Å²) in [5, 5.41) is 14.2. The predicted octanol–water partition coefficient (Wildman–Crippen LogP) is 4.32. The Morgan fingerprint density at radius 2 is 1.89 bits per heavy atom. The maximum Gasteiger partial charge on any atom is 0.269 e. The lowest BCUT2D eigenvalue weighted by Crippen LogP contribution is -2.24. The van der Waals surface area contributed by atoms with Gasteiger partial charge in [0.05, 0.1) is 28.1 Å². The van der Waals surface area contributed by atoms with E-state index in [0.29, 0.717) is 17.1 Å². The number of nitro benzene ring substituents is 1. The summed E-state index contributed by atoms with van der Waals surface area (Å²) in [6.45, 7) is 0.261. The van der Waals surface area contributed by atoms with E-state index in [1.54, 1.807) is 23.5 Å². The van der Waals surface area contributed by atoms with Gasteiger partial charge in [0.1, 0.15) is 5.76 Å². The van der Waals surface area contributed by atoms with E-state index >= 15 is 0 Å². The molecule has 0 bridgehead atoms. The molecule has 0 fully saturated rings. The van der Waals surface area contributed by atoms with Crippen LogP contribution in [0.5, 0.6) is 0 Å². The molecule has 1 N–H and O–H groups in total. The van der Waals surface area contributed by atoms with Gasteiger partial charge < -0.3 is 9.73 Å². The van der Waals surface area contributed by atoms with E-state index in [1.807, 2.05) is 36.4 Å². The van der Waals surface area contributed by atoms with Gasteiger partial charge in [-0.1, -0.05) is 24.3 Å². The highest BCUT2D eigenvalue weighted by molar-refractivity contribution is 7.21. The number of non-ortho nitro benzene ring substituents is 1. The Morgan fingerprint density at radius 3 is 2.64 bits per heavy atom. The second kappa shape index (κ2) is 7.61. The van der Waals surface area contributed by atoms with Crippen molar-refractivity contribution in [2.45, 2.75) is 13.0 Å². The lowest BCUT2D eigenvalue weighted by Gasteiger charge is -2.03. The highest BCUT2D eigenvalue weighted by Gasteiger charge is 2.12. The minimum Gasteiger partial charge on any atom is -0.457 e. The van der Waals surface area contributed by atoms with Gasteiger partial charge in [0.2, 0.25) is 5.91 Å². The van der Waals surface area contributed by atoms with E-state index in [-0.39, 0.29) is 24.6 Å². The molecule has 8 heteroatoms. The number of nitrogens with one attached hydrogen (secondary N) is 1. The Hall–Kier alpha value is -3.52. The van der Waals surface area contributed by atoms with Crippen molar-refractivity contribution >= 4 is 33.1 Å². The van der Waals surface area contributed by atoms with Crippen LogP contribution in [0.25, 0.3) is 21.0 Å². The summed E-state index contributed by atoms with van der Waals surface area (Å²) in [6.07, 6.45) is 0.142. The largest absolute Gasteiger partial charge is 0.457 e. The van der Waals surface area contributed by atoms with Crippen LogP contribution in [0, 0.1) is 10.1 Å². The first-order chi connectivity index (χ1) is 13.6. The Morgan fingerprint density at radius 1 is 1.11 bits per heavy atom. The lowest BCUT2D eigenvalue weighted by molar-refractivity contribution is -0.384. The Labute approximate surface area is 163 Å². The first-order valence-corrected chi connectivity index (χ1v) is 9.35. The van der Waals surface area contributed by atoms with Crippen molar-refractivity contribution in [3.05, 3.63) is 82.1 Å². The van der Waals surface area contributed by atoms with Crippen molar-refractivity contribution in [3.63, 3.8) is 0 Å². The third-order valence-electron chi connectivity index (χ3n) is 4.14. The van der Waals surface area contributed by atoms with Crippen molar-refractivity contribution in [1.82, 2.24) is 10.3 Å². The number of para-hydroxylation sites is 1. The molecule has 0 aliphatic carbocycles. The predicted molar refractivity (Wildman–Crippen MR) is 106 cm³/mol. The summed E-state index contributed by atoms with van der Waals surface area (Å²) >= 11 is 1.55. The molecule has 0 unspecified atom stereocenters. The molecule has 2 aromatic carbocycles. The quantitative estimate of drug-likeness (QED) is 0.388. The molecule has 0 spiro atoms. The number of furan rings is 1. The summed E-state index contributed by atoms with van der Waals surface area (Å²) in [5.41, 5.74) is 1.64. The number of rotatable bonds is 6. The molecule has 28 heavy (non-hydrogen) atoms. The SMILES string of the molecule is O=C(Cc1ccc([N+](=O)[O-])cc1)NCc1ccc(-c2nc3ccccc3s2)o1. The molecule has 4 aromatic rings. The smallest absolute Gasteiger partial charge is 0.269 e. The Bertz CT molecular complexity index is 1110. The van der Waals surface area contributed by atoms with Crippen LogP contribution in [0.2, 0.25) is 0 Å². The van der Waals surface area contributed by atoms with Gasteiger partial charge in [-0.15, -0.1) is 11.3 Å². The van der Waals surface area contributed by atoms with Crippen molar-refractivity contribution < 1.29 is 14.1 Å². The van der Waals surface area contributed by atoms with Crippen LogP contribution in [0.1, 0.15) is 11.3 Å². The molecule has 0 atom stereocenters. The van der Waals surface area contributed by atoms with Gasteiger partial charge in [-0.2, -0.15) is 0 Å². The number of thiazole rings is 1. The standard InChI is InChI=1S/C20H15N3O4S/c24-19(11-13-5-7-14(8-6-13)23(25)26)21-12-15-9-10-17(27-15)20-22-16-3-1-2-4-18(16)28-20/h1-10H,11-12H2,(H,21,24). The van der Waals surface area contributed by atoms with E-state index in [4.69, 9.17) is 4.42 Å². The van der Waals surface area contributed by atoms with E-state index in [9.17, 15) is 14.9 Å². The number of nitrogens with zero attached hydrogens (tertiary/aromatic N) is 2. The van der Waals surface area contributed by atoms with Crippen molar-refractivity contribution in [2.75, 3.05) is 0 Å². The minimum absolute atomic E-state index is 0.00196. The molecule has 2 heterocycles. The molecule has 0 aliphatic rings. The van der Waals surface area contributed by atoms with E-state index in [0.717, 1.165) is 15.2 Å². The van der Waals surface area contributed by atoms with Gasteiger partial charge >= 0.3 is 0 Å². The van der Waals surface area contributed by atoms with Crippen molar-refractivity contribution in [3.8, 4) is 10.8 Å².